The van der Waals surface area contributed by atoms with E-state index in [4.69, 9.17) is 39.5 Å². The second-order valence-corrected chi connectivity index (χ2v) is 8.44. The molecule has 21 heavy (non-hydrogen) atoms. The van der Waals surface area contributed by atoms with Gasteiger partial charge in [-0.3, -0.25) is 0 Å². The summed E-state index contributed by atoms with van der Waals surface area (Å²) >= 11 is 18.1. The Hall–Kier alpha value is -0.330. The number of alkyl halides is 3. The lowest BCUT2D eigenvalue weighted by Crippen LogP contribution is -2.32. The Labute approximate surface area is 142 Å². The van der Waals surface area contributed by atoms with E-state index in [0.717, 1.165) is 4.90 Å². The van der Waals surface area contributed by atoms with Gasteiger partial charge in [0.05, 0.1) is 17.9 Å². The van der Waals surface area contributed by atoms with Crippen LogP contribution in [0.2, 0.25) is 0 Å². The molecule has 1 saturated heterocycles. The number of nitrogens with zero attached hydrogens (tertiary/aromatic N) is 1. The Morgan fingerprint density at radius 1 is 1.33 bits per heavy atom. The molecule has 1 heterocycles. The number of hydrogen-bond donors (Lipinski definition) is 1. The Balaban J connectivity index is 1.87. The average Bonchev–Trinajstić information content (AvgIpc) is 2.78. The minimum atomic E-state index is -1.63. The third-order valence-corrected chi connectivity index (χ3v) is 4.52. The van der Waals surface area contributed by atoms with Crippen LogP contribution in [0, 0.1) is 0 Å². The minimum Gasteiger partial charge on any atom is -0.445 e. The van der Waals surface area contributed by atoms with Gasteiger partial charge in [0, 0.05) is 11.4 Å². The van der Waals surface area contributed by atoms with Gasteiger partial charge in [-0.1, -0.05) is 53.0 Å². The Morgan fingerprint density at radius 2 is 2.00 bits per heavy atom. The molecule has 4 nitrogen and oxygen atoms in total. The molecule has 116 valence electrons. The Morgan fingerprint density at radius 3 is 2.62 bits per heavy atom. The Bertz CT molecular complexity index is 483. The number of carbonyl (C=O) groups excluding carboxylic acids is 1. The summed E-state index contributed by atoms with van der Waals surface area (Å²) in [4.78, 5) is 14.3. The van der Waals surface area contributed by atoms with Gasteiger partial charge < -0.3 is 14.7 Å². The number of hydrogen-bond acceptors (Lipinski definition) is 4. The number of thioether (sulfide) groups is 1. The zero-order valence-corrected chi connectivity index (χ0v) is 14.0. The molecular formula is C13H14Cl3NO3S. The monoisotopic (exact) mass is 369 g/mol. The molecular weight excluding hydrogens is 357 g/mol. The van der Waals surface area contributed by atoms with Gasteiger partial charge in [0.25, 0.3) is 0 Å². The molecule has 1 aromatic carbocycles. The van der Waals surface area contributed by atoms with Gasteiger partial charge in [-0.15, -0.1) is 11.8 Å². The predicted octanol–water partition coefficient (Wildman–Crippen LogP) is 3.33. The summed E-state index contributed by atoms with van der Waals surface area (Å²) in [5.41, 5.74) is 0. The fourth-order valence-electron chi connectivity index (χ4n) is 1.93. The first-order valence-electron chi connectivity index (χ1n) is 6.23. The smallest absolute Gasteiger partial charge is 0.410 e. The van der Waals surface area contributed by atoms with Gasteiger partial charge >= 0.3 is 6.09 Å². The van der Waals surface area contributed by atoms with E-state index in [1.165, 1.54) is 16.7 Å². The van der Waals surface area contributed by atoms with E-state index < -0.39 is 16.0 Å². The lowest BCUT2D eigenvalue weighted by Gasteiger charge is -2.18. The van der Waals surface area contributed by atoms with Gasteiger partial charge in [-0.25, -0.2) is 4.79 Å². The summed E-state index contributed by atoms with van der Waals surface area (Å²) in [6.07, 6.45) is -1.20. The van der Waals surface area contributed by atoms with Crippen molar-refractivity contribution in [2.45, 2.75) is 20.0 Å². The van der Waals surface area contributed by atoms with Crippen molar-refractivity contribution in [3.63, 3.8) is 0 Å². The molecule has 2 rings (SSSR count). The minimum absolute atomic E-state index is 0.104. The molecule has 2 atom stereocenters. The normalized spacial score (nSPS) is 22.4. The van der Waals surface area contributed by atoms with Gasteiger partial charge in [-0.05, 0) is 12.1 Å². The molecule has 1 aromatic rings. The van der Waals surface area contributed by atoms with Gasteiger partial charge in [0.1, 0.15) is 6.61 Å². The average molecular weight is 371 g/mol. The first-order chi connectivity index (χ1) is 9.85. The summed E-state index contributed by atoms with van der Waals surface area (Å²) < 4.78 is 3.28. The maximum atomic E-state index is 11.8. The largest absolute Gasteiger partial charge is 0.445 e. The summed E-state index contributed by atoms with van der Waals surface area (Å²) in [6, 6.07) is 9.70. The van der Waals surface area contributed by atoms with Gasteiger partial charge in [-0.2, -0.15) is 0 Å². The summed E-state index contributed by atoms with van der Waals surface area (Å²) in [5, 5.41) is 9.95. The van der Waals surface area contributed by atoms with Crippen LogP contribution in [-0.4, -0.2) is 50.9 Å². The number of rotatable bonds is 3. The van der Waals surface area contributed by atoms with Crippen molar-refractivity contribution >= 4 is 52.7 Å². The van der Waals surface area contributed by atoms with Gasteiger partial charge in [0.15, 0.2) is 0 Å². The SMILES string of the molecule is O=C(OCC(Cl)(Cl)Cl)N1C[C@@H](O)[C@H](Sc2ccccc2)C1. The maximum Gasteiger partial charge on any atom is 0.410 e. The number of ether oxygens (including phenoxy) is 1. The maximum absolute atomic E-state index is 11.8. The van der Waals surface area contributed by atoms with Crippen molar-refractivity contribution in [3.8, 4) is 0 Å². The highest BCUT2D eigenvalue weighted by atomic mass is 35.6. The van der Waals surface area contributed by atoms with Crippen LogP contribution >= 0.6 is 46.6 Å². The highest BCUT2D eigenvalue weighted by Crippen LogP contribution is 2.31. The Kier molecular flexibility index (Phi) is 5.91. The second-order valence-electron chi connectivity index (χ2n) is 4.61. The predicted molar refractivity (Wildman–Crippen MR) is 85.3 cm³/mol. The molecule has 1 N–H and O–H groups in total. The molecule has 0 aliphatic carbocycles. The quantitative estimate of drug-likeness (QED) is 0.829. The van der Waals surface area contributed by atoms with E-state index >= 15 is 0 Å². The van der Waals surface area contributed by atoms with Crippen LogP contribution in [0.5, 0.6) is 0 Å². The summed E-state index contributed by atoms with van der Waals surface area (Å²) in [5.74, 6) is 0. The zero-order chi connectivity index (χ0) is 15.5. The van der Waals surface area contributed by atoms with E-state index in [-0.39, 0.29) is 18.4 Å². The van der Waals surface area contributed by atoms with E-state index in [2.05, 4.69) is 0 Å². The summed E-state index contributed by atoms with van der Waals surface area (Å²) in [6.45, 7) is 0.280. The van der Waals surface area contributed by atoms with Crippen LogP contribution in [0.1, 0.15) is 0 Å². The molecule has 0 bridgehead atoms. The number of aliphatic hydroxyl groups is 1. The van der Waals surface area contributed by atoms with Crippen LogP contribution < -0.4 is 0 Å². The van der Waals surface area contributed by atoms with Crippen LogP contribution in [0.3, 0.4) is 0 Å². The molecule has 1 amide bonds. The van der Waals surface area contributed by atoms with Gasteiger partial charge in [0.2, 0.25) is 3.79 Å². The van der Waals surface area contributed by atoms with E-state index in [1.807, 2.05) is 30.3 Å². The number of likely N-dealkylation sites (tertiary alicyclic amines) is 1. The summed E-state index contributed by atoms with van der Waals surface area (Å²) in [7, 11) is 0. The molecule has 0 spiro atoms. The number of β-amino-alcohol motifs (C(OH)–C–C–N with tert-alkyl or cyclic N) is 1. The van der Waals surface area contributed by atoms with Crippen LogP contribution in [0.25, 0.3) is 0 Å². The van der Waals surface area contributed by atoms with E-state index in [1.54, 1.807) is 0 Å². The molecule has 1 aliphatic heterocycles. The van der Waals surface area contributed by atoms with E-state index in [0.29, 0.717) is 6.54 Å². The molecule has 1 aliphatic rings. The molecule has 0 unspecified atom stereocenters. The van der Waals surface area contributed by atoms with Crippen LogP contribution in [0.4, 0.5) is 4.79 Å². The third-order valence-electron chi connectivity index (χ3n) is 2.89. The van der Waals surface area contributed by atoms with Crippen molar-refractivity contribution in [3.05, 3.63) is 30.3 Å². The molecule has 0 aromatic heterocycles. The van der Waals surface area contributed by atoms with Crippen molar-refractivity contribution in [1.82, 2.24) is 4.90 Å². The first kappa shape index (κ1) is 17.0. The van der Waals surface area contributed by atoms with Crippen molar-refractivity contribution in [1.29, 1.82) is 0 Å². The van der Waals surface area contributed by atoms with Crippen LogP contribution in [0.15, 0.2) is 35.2 Å². The molecule has 8 heteroatoms. The fourth-order valence-corrected chi connectivity index (χ4v) is 3.26. The molecule has 1 fully saturated rings. The van der Waals surface area contributed by atoms with Crippen molar-refractivity contribution in [2.24, 2.45) is 0 Å². The second kappa shape index (κ2) is 7.29. The standard InChI is InChI=1S/C13H14Cl3NO3S/c14-13(15,16)8-20-12(19)17-6-10(18)11(7-17)21-9-4-2-1-3-5-9/h1-5,10-11,18H,6-8H2/t10-,11-/m1/s1. The lowest BCUT2D eigenvalue weighted by atomic mass is 10.3. The highest BCUT2D eigenvalue weighted by Gasteiger charge is 2.36. The number of aliphatic hydroxyl groups excluding tert-OH is 1. The topological polar surface area (TPSA) is 49.8 Å². The molecule has 0 saturated carbocycles. The number of benzene rings is 1. The van der Waals surface area contributed by atoms with Crippen LogP contribution in [-0.2, 0) is 4.74 Å². The fraction of sp³-hybridized carbons (Fsp3) is 0.462. The van der Waals surface area contributed by atoms with E-state index in [9.17, 15) is 9.90 Å². The van der Waals surface area contributed by atoms with Crippen molar-refractivity contribution < 1.29 is 14.6 Å². The number of carbonyl (C=O) groups is 1. The highest BCUT2D eigenvalue weighted by molar-refractivity contribution is 8.00. The lowest BCUT2D eigenvalue weighted by molar-refractivity contribution is 0.104. The first-order valence-corrected chi connectivity index (χ1v) is 8.25. The number of halogens is 3. The number of amides is 1. The third kappa shape index (κ3) is 5.42. The van der Waals surface area contributed by atoms with Crippen molar-refractivity contribution in [2.75, 3.05) is 19.7 Å². The molecule has 0 radical (unpaired) electrons. The zero-order valence-electron chi connectivity index (χ0n) is 10.9.